The van der Waals surface area contributed by atoms with Crippen LogP contribution < -0.4 is 0 Å². The maximum atomic E-state index is 4.35. The molecule has 0 amide bonds. The summed E-state index contributed by atoms with van der Waals surface area (Å²) in [5.41, 5.74) is 4.00. The third-order valence-corrected chi connectivity index (χ3v) is 4.73. The fourth-order valence-electron chi connectivity index (χ4n) is 3.00. The van der Waals surface area contributed by atoms with Crippen LogP contribution >= 0.6 is 0 Å². The first kappa shape index (κ1) is 17.4. The van der Waals surface area contributed by atoms with Gasteiger partial charge in [-0.3, -0.25) is 14.6 Å². The molecule has 1 atom stereocenters. The zero-order valence-electron chi connectivity index (χ0n) is 15.0. The van der Waals surface area contributed by atoms with Gasteiger partial charge >= 0.3 is 0 Å². The van der Waals surface area contributed by atoms with Crippen molar-refractivity contribution in [1.29, 1.82) is 0 Å². The van der Waals surface area contributed by atoms with Gasteiger partial charge in [0, 0.05) is 43.9 Å². The predicted octanol–water partition coefficient (Wildman–Crippen LogP) is 4.13. The van der Waals surface area contributed by atoms with Crippen molar-refractivity contribution in [3.63, 3.8) is 0 Å². The van der Waals surface area contributed by atoms with Crippen LogP contribution in [0.3, 0.4) is 0 Å². The molecule has 0 spiro atoms. The van der Waals surface area contributed by atoms with E-state index in [0.29, 0.717) is 6.04 Å². The summed E-state index contributed by atoms with van der Waals surface area (Å²) < 4.78 is 1.98. The van der Waals surface area contributed by atoms with Crippen molar-refractivity contribution in [1.82, 2.24) is 19.7 Å². The Bertz CT molecular complexity index is 753. The van der Waals surface area contributed by atoms with Gasteiger partial charge in [0.05, 0.1) is 6.54 Å². The van der Waals surface area contributed by atoms with Gasteiger partial charge < -0.3 is 0 Å². The van der Waals surface area contributed by atoms with Crippen LogP contribution in [0.2, 0.25) is 0 Å². The molecule has 130 valence electrons. The summed E-state index contributed by atoms with van der Waals surface area (Å²) in [6.07, 6.45) is 8.72. The van der Waals surface area contributed by atoms with Gasteiger partial charge in [-0.15, -0.1) is 0 Å². The molecular weight excluding hydrogens is 308 g/mol. The Labute approximate surface area is 150 Å². The second-order valence-electron chi connectivity index (χ2n) is 6.49. The zero-order chi connectivity index (χ0) is 17.5. The molecular formula is C21H26N4. The molecule has 0 aliphatic rings. The summed E-state index contributed by atoms with van der Waals surface area (Å²) in [6.45, 7) is 7.24. The lowest BCUT2D eigenvalue weighted by atomic mass is 10.0. The second kappa shape index (κ2) is 8.58. The van der Waals surface area contributed by atoms with Crippen molar-refractivity contribution >= 4 is 0 Å². The van der Waals surface area contributed by atoms with Gasteiger partial charge in [-0.2, -0.15) is 5.10 Å². The van der Waals surface area contributed by atoms with Crippen LogP contribution in [0.5, 0.6) is 0 Å². The van der Waals surface area contributed by atoms with E-state index in [9.17, 15) is 0 Å². The lowest BCUT2D eigenvalue weighted by Crippen LogP contribution is -2.32. The molecule has 0 bridgehead atoms. The first-order valence-corrected chi connectivity index (χ1v) is 8.93. The van der Waals surface area contributed by atoms with Gasteiger partial charge in [0.2, 0.25) is 0 Å². The van der Waals surface area contributed by atoms with E-state index in [1.165, 1.54) is 16.7 Å². The van der Waals surface area contributed by atoms with Crippen LogP contribution in [-0.4, -0.2) is 25.7 Å². The summed E-state index contributed by atoms with van der Waals surface area (Å²) in [5.74, 6) is 0. The van der Waals surface area contributed by atoms with E-state index >= 15 is 0 Å². The molecule has 0 radical (unpaired) electrons. The van der Waals surface area contributed by atoms with Crippen LogP contribution in [0.25, 0.3) is 0 Å². The fourth-order valence-corrected chi connectivity index (χ4v) is 3.00. The molecule has 0 saturated carbocycles. The highest BCUT2D eigenvalue weighted by molar-refractivity contribution is 5.27. The standard InChI is InChI=1S/C21H26N4/c1-3-18(2)24(15-19-9-12-22-13-10-19)16-20-7-4-5-8-21(20)17-25-14-6-11-23-25/h4-14,18H,3,15-17H2,1-2H3/t18-/m1/s1. The molecule has 2 heterocycles. The second-order valence-corrected chi connectivity index (χ2v) is 6.49. The highest BCUT2D eigenvalue weighted by Crippen LogP contribution is 2.18. The Morgan fingerprint density at radius 3 is 2.40 bits per heavy atom. The van der Waals surface area contributed by atoms with Crippen molar-refractivity contribution < 1.29 is 0 Å². The first-order chi connectivity index (χ1) is 12.3. The normalized spacial score (nSPS) is 12.4. The number of benzene rings is 1. The van der Waals surface area contributed by atoms with Crippen LogP contribution in [-0.2, 0) is 19.6 Å². The predicted molar refractivity (Wildman–Crippen MR) is 101 cm³/mol. The van der Waals surface area contributed by atoms with Crippen LogP contribution in [0.1, 0.15) is 37.0 Å². The van der Waals surface area contributed by atoms with E-state index in [1.807, 2.05) is 35.5 Å². The van der Waals surface area contributed by atoms with Gasteiger partial charge in [-0.05, 0) is 48.2 Å². The minimum absolute atomic E-state index is 0.519. The first-order valence-electron chi connectivity index (χ1n) is 8.93. The largest absolute Gasteiger partial charge is 0.292 e. The number of rotatable bonds is 8. The maximum Gasteiger partial charge on any atom is 0.0662 e. The fraction of sp³-hybridized carbons (Fsp3) is 0.333. The molecule has 25 heavy (non-hydrogen) atoms. The van der Waals surface area contributed by atoms with Crippen LogP contribution in [0.4, 0.5) is 0 Å². The Morgan fingerprint density at radius 2 is 1.72 bits per heavy atom. The Hall–Kier alpha value is -2.46. The summed E-state index contributed by atoms with van der Waals surface area (Å²) in [5, 5.41) is 4.35. The van der Waals surface area contributed by atoms with E-state index in [1.54, 1.807) is 0 Å². The third-order valence-electron chi connectivity index (χ3n) is 4.73. The van der Waals surface area contributed by atoms with E-state index in [-0.39, 0.29) is 0 Å². The van der Waals surface area contributed by atoms with Crippen molar-refractivity contribution in [2.75, 3.05) is 0 Å². The van der Waals surface area contributed by atoms with E-state index in [2.05, 4.69) is 65.2 Å². The minimum Gasteiger partial charge on any atom is -0.292 e. The number of aromatic nitrogens is 3. The lowest BCUT2D eigenvalue weighted by molar-refractivity contribution is 0.185. The average Bonchev–Trinajstić information content (AvgIpc) is 3.16. The number of nitrogens with zero attached hydrogens (tertiary/aromatic N) is 4. The van der Waals surface area contributed by atoms with Crippen LogP contribution in [0, 0.1) is 0 Å². The van der Waals surface area contributed by atoms with Crippen molar-refractivity contribution in [3.05, 3.63) is 83.9 Å². The Kier molecular flexibility index (Phi) is 5.96. The number of pyridine rings is 1. The molecule has 4 nitrogen and oxygen atoms in total. The van der Waals surface area contributed by atoms with Gasteiger partial charge in [0.25, 0.3) is 0 Å². The molecule has 0 fully saturated rings. The molecule has 4 heteroatoms. The molecule has 0 aliphatic heterocycles. The van der Waals surface area contributed by atoms with Gasteiger partial charge in [-0.1, -0.05) is 31.2 Å². The van der Waals surface area contributed by atoms with Crippen molar-refractivity contribution in [2.45, 2.75) is 45.9 Å². The SMILES string of the molecule is CC[C@@H](C)N(Cc1ccncc1)Cc1ccccc1Cn1cccn1. The molecule has 0 aliphatic carbocycles. The number of hydrogen-bond acceptors (Lipinski definition) is 3. The molecule has 0 unspecified atom stereocenters. The molecule has 1 aromatic carbocycles. The van der Waals surface area contributed by atoms with Gasteiger partial charge in [-0.25, -0.2) is 0 Å². The van der Waals surface area contributed by atoms with Crippen molar-refractivity contribution in [3.8, 4) is 0 Å². The zero-order valence-corrected chi connectivity index (χ0v) is 15.0. The Morgan fingerprint density at radius 1 is 0.960 bits per heavy atom. The van der Waals surface area contributed by atoms with E-state index < -0.39 is 0 Å². The van der Waals surface area contributed by atoms with Crippen LogP contribution in [0.15, 0.2) is 67.3 Å². The number of hydrogen-bond donors (Lipinski definition) is 0. The molecule has 3 aromatic rings. The molecule has 2 aromatic heterocycles. The highest BCUT2D eigenvalue weighted by atomic mass is 15.3. The highest BCUT2D eigenvalue weighted by Gasteiger charge is 2.15. The summed E-state index contributed by atoms with van der Waals surface area (Å²) >= 11 is 0. The Balaban J connectivity index is 1.79. The molecule has 3 rings (SSSR count). The summed E-state index contributed by atoms with van der Waals surface area (Å²) in [4.78, 5) is 6.67. The average molecular weight is 334 g/mol. The summed E-state index contributed by atoms with van der Waals surface area (Å²) in [6, 6.07) is 15.4. The maximum absolute atomic E-state index is 4.35. The van der Waals surface area contributed by atoms with Crippen molar-refractivity contribution in [2.24, 2.45) is 0 Å². The third kappa shape index (κ3) is 4.77. The van der Waals surface area contributed by atoms with Gasteiger partial charge in [0.1, 0.15) is 0 Å². The topological polar surface area (TPSA) is 34.0 Å². The molecule has 0 saturated heterocycles. The quantitative estimate of drug-likeness (QED) is 0.621. The summed E-state index contributed by atoms with van der Waals surface area (Å²) in [7, 11) is 0. The molecule has 0 N–H and O–H groups in total. The monoisotopic (exact) mass is 334 g/mol. The lowest BCUT2D eigenvalue weighted by Gasteiger charge is -2.29. The minimum atomic E-state index is 0.519. The van der Waals surface area contributed by atoms with E-state index in [4.69, 9.17) is 0 Å². The smallest absolute Gasteiger partial charge is 0.0662 e. The van der Waals surface area contributed by atoms with E-state index in [0.717, 1.165) is 26.1 Å². The van der Waals surface area contributed by atoms with Gasteiger partial charge in [0.15, 0.2) is 0 Å².